The molecule has 0 spiro atoms. The molecule has 2 aliphatic heterocycles. The molecule has 9 rings (SSSR count). The van der Waals surface area contributed by atoms with E-state index in [2.05, 4.69) is 35.0 Å². The van der Waals surface area contributed by atoms with Gasteiger partial charge in [-0.2, -0.15) is 0 Å². The van der Waals surface area contributed by atoms with Crippen LogP contribution in [0.4, 0.5) is 5.69 Å². The Bertz CT molecular complexity index is 1690. The number of rotatable bonds is 8. The molecule has 2 N–H and O–H groups in total. The van der Waals surface area contributed by atoms with Crippen molar-refractivity contribution in [3.05, 3.63) is 63.8 Å². The average molecular weight is 652 g/mol. The molecule has 0 atom stereocenters. The first-order valence-electron chi connectivity index (χ1n) is 18.3. The van der Waals surface area contributed by atoms with Gasteiger partial charge in [-0.1, -0.05) is 6.92 Å². The topological polar surface area (TPSA) is 115 Å². The predicted molar refractivity (Wildman–Crippen MR) is 186 cm³/mol. The molecule has 0 unspecified atom stereocenters. The number of anilines is 1. The second-order valence-corrected chi connectivity index (χ2v) is 15.6. The summed E-state index contributed by atoms with van der Waals surface area (Å²) in [6, 6.07) is 7.82. The summed E-state index contributed by atoms with van der Waals surface area (Å²) in [5, 5.41) is 3.18. The van der Waals surface area contributed by atoms with E-state index in [4.69, 9.17) is 0 Å². The number of pyridine rings is 3. The third-order valence-electron chi connectivity index (χ3n) is 12.2. The number of fused-ring (bicyclic) bond motifs is 1. The molecule has 4 bridgehead atoms. The van der Waals surface area contributed by atoms with Gasteiger partial charge in [-0.3, -0.25) is 24.3 Å². The summed E-state index contributed by atoms with van der Waals surface area (Å²) in [7, 11) is 0. The van der Waals surface area contributed by atoms with E-state index in [1.165, 1.54) is 38.5 Å². The minimum absolute atomic E-state index is 0.0369. The largest absolute Gasteiger partial charge is 0.368 e. The van der Waals surface area contributed by atoms with Crippen molar-refractivity contribution in [3.63, 3.8) is 0 Å². The number of hydrogen-bond acceptors (Lipinski definition) is 7. The summed E-state index contributed by atoms with van der Waals surface area (Å²) >= 11 is 0. The van der Waals surface area contributed by atoms with Crippen LogP contribution in [-0.4, -0.2) is 81.9 Å². The van der Waals surface area contributed by atoms with Crippen LogP contribution in [0.1, 0.15) is 86.3 Å². The highest BCUT2D eigenvalue weighted by molar-refractivity contribution is 5.92. The van der Waals surface area contributed by atoms with Gasteiger partial charge in [-0.05, 0) is 111 Å². The van der Waals surface area contributed by atoms with Gasteiger partial charge in [0.1, 0.15) is 5.69 Å². The van der Waals surface area contributed by atoms with E-state index >= 15 is 0 Å². The number of piperazine rings is 1. The Kier molecular flexibility index (Phi) is 8.47. The molecule has 0 radical (unpaired) electrons. The number of amides is 2. The van der Waals surface area contributed by atoms with Crippen LogP contribution in [0.5, 0.6) is 0 Å². The molecule has 3 aromatic rings. The Morgan fingerprint density at radius 1 is 0.917 bits per heavy atom. The zero-order valence-electron chi connectivity index (χ0n) is 28.3. The molecule has 10 nitrogen and oxygen atoms in total. The smallest absolute Gasteiger partial charge is 0.270 e. The standard InChI is InChI=1S/C38H49N7O3/c1-2-29-17-33-34(42-36(29)47)16-28(22-39-33)24-43-9-11-44(12-10-43)31-3-4-32(40-23-31)37(48)41-30-5-7-45(8-6-30)35(46)21-38-18-25-13-26(19-38)15-27(14-25)20-38/h3-4,16-17,22-23,25-27,30H,2,5-15,18-21,24H2,1H3,(H,41,48)(H,42,47). The van der Waals surface area contributed by atoms with E-state index in [9.17, 15) is 14.4 Å². The number of carbonyl (C=O) groups excluding carboxylic acids is 2. The van der Waals surface area contributed by atoms with Gasteiger partial charge in [0.15, 0.2) is 0 Å². The molecule has 6 aliphatic rings. The fourth-order valence-electron chi connectivity index (χ4n) is 10.1. The van der Waals surface area contributed by atoms with Crippen LogP contribution in [0.15, 0.2) is 41.5 Å². The maximum absolute atomic E-state index is 13.4. The third kappa shape index (κ3) is 6.48. The van der Waals surface area contributed by atoms with Gasteiger partial charge in [0.25, 0.3) is 11.5 Å². The Hall–Kier alpha value is -3.79. The molecule has 48 heavy (non-hydrogen) atoms. The van der Waals surface area contributed by atoms with Crippen molar-refractivity contribution >= 4 is 28.5 Å². The number of piperidine rings is 1. The number of hydrogen-bond donors (Lipinski definition) is 2. The Labute approximate surface area is 282 Å². The number of nitrogens with zero attached hydrogens (tertiary/aromatic N) is 5. The van der Waals surface area contributed by atoms with E-state index < -0.39 is 0 Å². The first-order valence-corrected chi connectivity index (χ1v) is 18.3. The van der Waals surface area contributed by atoms with Crippen molar-refractivity contribution in [3.8, 4) is 0 Å². The molecular formula is C38H49N7O3. The summed E-state index contributed by atoms with van der Waals surface area (Å²) in [5.74, 6) is 2.81. The second kappa shape index (κ2) is 12.9. The zero-order valence-corrected chi connectivity index (χ0v) is 28.3. The SMILES string of the molecule is CCc1cc2ncc(CN3CCN(c4ccc(C(=O)NC5CCN(C(=O)CC67CC8CC(CC(C8)C6)C7)CC5)nc4)CC3)cc2[nH]c1=O. The minimum atomic E-state index is -0.138. The lowest BCUT2D eigenvalue weighted by Crippen LogP contribution is -2.50. The fraction of sp³-hybridized carbons (Fsp3) is 0.605. The van der Waals surface area contributed by atoms with Crippen LogP contribution in [0.3, 0.4) is 0 Å². The van der Waals surface area contributed by atoms with Crippen LogP contribution < -0.4 is 15.8 Å². The summed E-state index contributed by atoms with van der Waals surface area (Å²) < 4.78 is 0. The van der Waals surface area contributed by atoms with E-state index in [1.807, 2.05) is 43.6 Å². The Morgan fingerprint density at radius 2 is 1.62 bits per heavy atom. The molecule has 2 amide bonds. The Balaban J connectivity index is 0.785. The summed E-state index contributed by atoms with van der Waals surface area (Å²) in [6.45, 7) is 7.74. The van der Waals surface area contributed by atoms with Crippen LogP contribution in [0.2, 0.25) is 0 Å². The van der Waals surface area contributed by atoms with E-state index in [0.29, 0.717) is 18.0 Å². The number of aryl methyl sites for hydroxylation is 1. The van der Waals surface area contributed by atoms with Crippen molar-refractivity contribution in [2.24, 2.45) is 23.2 Å². The maximum Gasteiger partial charge on any atom is 0.270 e. The highest BCUT2D eigenvalue weighted by Crippen LogP contribution is 2.61. The number of nitrogens with one attached hydrogen (secondary N) is 2. The lowest BCUT2D eigenvalue weighted by molar-refractivity contribution is -0.140. The fourth-order valence-corrected chi connectivity index (χ4v) is 10.1. The number of carbonyl (C=O) groups is 2. The van der Waals surface area contributed by atoms with Crippen molar-refractivity contribution in [1.29, 1.82) is 0 Å². The van der Waals surface area contributed by atoms with E-state index in [0.717, 1.165) is 111 Å². The number of aromatic amines is 1. The monoisotopic (exact) mass is 651 g/mol. The summed E-state index contributed by atoms with van der Waals surface area (Å²) in [6.07, 6.45) is 14.8. The van der Waals surface area contributed by atoms with Crippen molar-refractivity contribution in [2.75, 3.05) is 44.2 Å². The van der Waals surface area contributed by atoms with E-state index in [-0.39, 0.29) is 22.9 Å². The molecular weight excluding hydrogens is 602 g/mol. The molecule has 0 aromatic carbocycles. The first-order chi connectivity index (χ1) is 23.3. The van der Waals surface area contributed by atoms with Crippen LogP contribution >= 0.6 is 0 Å². The second-order valence-electron chi connectivity index (χ2n) is 15.6. The molecule has 5 heterocycles. The maximum atomic E-state index is 13.4. The number of likely N-dealkylation sites (tertiary alicyclic amines) is 1. The van der Waals surface area contributed by atoms with Crippen molar-refractivity contribution in [1.82, 2.24) is 30.1 Å². The Morgan fingerprint density at radius 3 is 2.27 bits per heavy atom. The zero-order chi connectivity index (χ0) is 32.8. The molecule has 10 heteroatoms. The summed E-state index contributed by atoms with van der Waals surface area (Å²) in [4.78, 5) is 57.6. The van der Waals surface area contributed by atoms with Crippen molar-refractivity contribution < 1.29 is 9.59 Å². The average Bonchev–Trinajstić information content (AvgIpc) is 3.08. The van der Waals surface area contributed by atoms with Crippen LogP contribution in [0.25, 0.3) is 11.0 Å². The molecule has 6 fully saturated rings. The van der Waals surface area contributed by atoms with Gasteiger partial charge < -0.3 is 20.1 Å². The van der Waals surface area contributed by atoms with E-state index in [1.54, 1.807) is 0 Å². The lowest BCUT2D eigenvalue weighted by atomic mass is 9.49. The minimum Gasteiger partial charge on any atom is -0.368 e. The predicted octanol–water partition coefficient (Wildman–Crippen LogP) is 4.53. The first kappa shape index (κ1) is 31.5. The lowest BCUT2D eigenvalue weighted by Gasteiger charge is -2.57. The van der Waals surface area contributed by atoms with Gasteiger partial charge in [0.2, 0.25) is 5.91 Å². The summed E-state index contributed by atoms with van der Waals surface area (Å²) in [5.41, 5.74) is 5.15. The van der Waals surface area contributed by atoms with Gasteiger partial charge in [-0.25, -0.2) is 4.98 Å². The van der Waals surface area contributed by atoms with Gasteiger partial charge in [0.05, 0.1) is 22.9 Å². The molecule has 4 saturated carbocycles. The molecule has 2 saturated heterocycles. The molecule has 3 aromatic heterocycles. The molecule has 254 valence electrons. The normalized spacial score (nSPS) is 27.5. The van der Waals surface area contributed by atoms with Gasteiger partial charge in [-0.15, -0.1) is 0 Å². The van der Waals surface area contributed by atoms with Gasteiger partial charge in [0, 0.05) is 70.0 Å². The molecule has 4 aliphatic carbocycles. The third-order valence-corrected chi connectivity index (χ3v) is 12.2. The number of aromatic nitrogens is 3. The quantitative estimate of drug-likeness (QED) is 0.368. The highest BCUT2D eigenvalue weighted by atomic mass is 16.2. The highest BCUT2D eigenvalue weighted by Gasteiger charge is 2.51. The van der Waals surface area contributed by atoms with Gasteiger partial charge >= 0.3 is 0 Å². The van der Waals surface area contributed by atoms with Crippen LogP contribution in [0, 0.1) is 23.2 Å². The number of H-pyrrole nitrogens is 1. The van der Waals surface area contributed by atoms with Crippen LogP contribution in [-0.2, 0) is 17.8 Å². The van der Waals surface area contributed by atoms with Crippen molar-refractivity contribution in [2.45, 2.75) is 83.7 Å².